The third-order valence-corrected chi connectivity index (χ3v) is 3.52. The smallest absolute Gasteiger partial charge is 0.325 e. The average molecular weight is 309 g/mol. The van der Waals surface area contributed by atoms with E-state index in [4.69, 9.17) is 16.7 Å². The van der Waals surface area contributed by atoms with Gasteiger partial charge in [-0.05, 0) is 37.6 Å². The quantitative estimate of drug-likeness (QED) is 0.873. The lowest BCUT2D eigenvalue weighted by molar-refractivity contribution is -0.135. The highest BCUT2D eigenvalue weighted by Gasteiger charge is 2.25. The van der Waals surface area contributed by atoms with Crippen molar-refractivity contribution in [3.05, 3.63) is 40.9 Å². The number of carboxylic acids is 1. The van der Waals surface area contributed by atoms with Crippen molar-refractivity contribution in [1.82, 2.24) is 4.90 Å². The number of carboxylic acid groups (broad SMARTS) is 1. The zero-order valence-electron chi connectivity index (χ0n) is 11.8. The van der Waals surface area contributed by atoms with Gasteiger partial charge in [-0.25, -0.2) is 4.79 Å². The van der Waals surface area contributed by atoms with Gasteiger partial charge in [0.15, 0.2) is 0 Å². The first kappa shape index (κ1) is 15.4. The Hall–Kier alpha value is -2.01. The summed E-state index contributed by atoms with van der Waals surface area (Å²) in [7, 11) is 0. The Morgan fingerprint density at radius 2 is 2.00 bits per heavy atom. The average Bonchev–Trinajstić information content (AvgIpc) is 2.45. The first-order chi connectivity index (χ1) is 9.97. The molecule has 0 aromatic heterocycles. The van der Waals surface area contributed by atoms with E-state index < -0.39 is 5.97 Å². The Balaban J connectivity index is 2.23. The van der Waals surface area contributed by atoms with Gasteiger partial charge < -0.3 is 10.0 Å². The zero-order chi connectivity index (χ0) is 15.4. The summed E-state index contributed by atoms with van der Waals surface area (Å²) in [6, 6.07) is 6.28. The van der Waals surface area contributed by atoms with Gasteiger partial charge in [0.05, 0.1) is 0 Å². The fourth-order valence-corrected chi connectivity index (χ4v) is 2.40. The van der Waals surface area contributed by atoms with E-state index in [1.54, 1.807) is 29.2 Å². The van der Waals surface area contributed by atoms with E-state index in [1.807, 2.05) is 6.92 Å². The van der Waals surface area contributed by atoms with E-state index in [2.05, 4.69) is 6.08 Å². The second-order valence-electron chi connectivity index (χ2n) is 5.00. The van der Waals surface area contributed by atoms with Crippen molar-refractivity contribution >= 4 is 29.3 Å². The molecule has 112 valence electrons. The minimum absolute atomic E-state index is 0.299. The summed E-state index contributed by atoms with van der Waals surface area (Å²) in [5, 5.41) is 9.59. The molecule has 1 aromatic rings. The predicted octanol–water partition coefficient (Wildman–Crippen LogP) is 3.00. The fourth-order valence-electron chi connectivity index (χ4n) is 2.27. The van der Waals surface area contributed by atoms with Crippen LogP contribution in [-0.4, -0.2) is 41.6 Å². The normalized spacial score (nSPS) is 14.6. The van der Waals surface area contributed by atoms with Crippen LogP contribution < -0.4 is 4.90 Å². The highest BCUT2D eigenvalue weighted by Crippen LogP contribution is 2.21. The Morgan fingerprint density at radius 1 is 1.33 bits per heavy atom. The summed E-state index contributed by atoms with van der Waals surface area (Å²) in [4.78, 5) is 26.6. The Kier molecular flexibility index (Phi) is 4.85. The van der Waals surface area contributed by atoms with Crippen LogP contribution in [0.3, 0.4) is 0 Å². The number of carbonyl (C=O) groups is 2. The number of urea groups is 1. The van der Waals surface area contributed by atoms with Crippen LogP contribution in [0.1, 0.15) is 13.3 Å². The number of amides is 2. The number of halogens is 1. The fraction of sp³-hybridized carbons (Fsp3) is 0.333. The van der Waals surface area contributed by atoms with Crippen LogP contribution in [-0.2, 0) is 4.79 Å². The molecule has 2 rings (SSSR count). The summed E-state index contributed by atoms with van der Waals surface area (Å²) in [5.74, 6) is -1.05. The molecule has 0 radical (unpaired) electrons. The molecule has 0 unspecified atom stereocenters. The number of hydrogen-bond donors (Lipinski definition) is 1. The van der Waals surface area contributed by atoms with Crippen LogP contribution in [0.4, 0.5) is 10.5 Å². The number of anilines is 1. The van der Waals surface area contributed by atoms with E-state index in [0.717, 1.165) is 12.0 Å². The minimum atomic E-state index is -1.05. The van der Waals surface area contributed by atoms with Gasteiger partial charge in [0.25, 0.3) is 0 Å². The molecule has 0 bridgehead atoms. The molecule has 0 spiro atoms. The summed E-state index contributed by atoms with van der Waals surface area (Å²) in [6.07, 6.45) is 2.88. The van der Waals surface area contributed by atoms with Gasteiger partial charge in [-0.15, -0.1) is 0 Å². The summed E-state index contributed by atoms with van der Waals surface area (Å²) in [5.41, 5.74) is 1.64. The van der Waals surface area contributed by atoms with Crippen molar-refractivity contribution in [3.63, 3.8) is 0 Å². The predicted molar refractivity (Wildman–Crippen MR) is 81.8 cm³/mol. The van der Waals surface area contributed by atoms with Gasteiger partial charge in [-0.2, -0.15) is 0 Å². The van der Waals surface area contributed by atoms with Gasteiger partial charge in [-0.3, -0.25) is 9.69 Å². The molecule has 1 aliphatic heterocycles. The first-order valence-electron chi connectivity index (χ1n) is 6.67. The number of aliphatic carboxylic acids is 1. The molecule has 0 fully saturated rings. The van der Waals surface area contributed by atoms with Crippen LogP contribution in [0, 0.1) is 0 Å². The van der Waals surface area contributed by atoms with Gasteiger partial charge in [0.1, 0.15) is 6.54 Å². The minimum Gasteiger partial charge on any atom is -0.480 e. The molecule has 6 heteroatoms. The number of carbonyl (C=O) groups excluding carboxylic acids is 1. The standard InChI is InChI=1S/C15H17ClN2O3/c1-11-3-2-8-17(9-11)15(21)18(10-14(19)20)13-6-4-12(16)5-7-13/h3-7H,2,8-10H2,1H3,(H,19,20). The van der Waals surface area contributed by atoms with Crippen LogP contribution in [0.2, 0.25) is 5.02 Å². The maximum absolute atomic E-state index is 12.6. The van der Waals surface area contributed by atoms with E-state index in [9.17, 15) is 9.59 Å². The molecule has 0 saturated carbocycles. The topological polar surface area (TPSA) is 60.9 Å². The van der Waals surface area contributed by atoms with Crippen molar-refractivity contribution in [1.29, 1.82) is 0 Å². The van der Waals surface area contributed by atoms with Gasteiger partial charge in [-0.1, -0.05) is 23.3 Å². The zero-order valence-corrected chi connectivity index (χ0v) is 12.5. The van der Waals surface area contributed by atoms with E-state index in [-0.39, 0.29) is 12.6 Å². The van der Waals surface area contributed by atoms with Gasteiger partial charge in [0, 0.05) is 23.8 Å². The van der Waals surface area contributed by atoms with Crippen LogP contribution in [0.5, 0.6) is 0 Å². The van der Waals surface area contributed by atoms with E-state index in [1.165, 1.54) is 4.90 Å². The monoisotopic (exact) mass is 308 g/mol. The van der Waals surface area contributed by atoms with Crippen molar-refractivity contribution in [2.45, 2.75) is 13.3 Å². The SMILES string of the molecule is CC1=CCCN(C(=O)N(CC(=O)O)c2ccc(Cl)cc2)C1. The molecule has 1 aliphatic rings. The molecule has 1 aromatic carbocycles. The van der Waals surface area contributed by atoms with Crippen molar-refractivity contribution < 1.29 is 14.7 Å². The maximum Gasteiger partial charge on any atom is 0.325 e. The summed E-state index contributed by atoms with van der Waals surface area (Å²) >= 11 is 5.83. The van der Waals surface area contributed by atoms with Crippen molar-refractivity contribution in [3.8, 4) is 0 Å². The number of hydrogen-bond acceptors (Lipinski definition) is 2. The molecule has 1 heterocycles. The van der Waals surface area contributed by atoms with Crippen LogP contribution in [0.15, 0.2) is 35.9 Å². The molecule has 1 N–H and O–H groups in total. The second kappa shape index (κ2) is 6.63. The largest absolute Gasteiger partial charge is 0.480 e. The first-order valence-corrected chi connectivity index (χ1v) is 7.04. The van der Waals surface area contributed by atoms with E-state index >= 15 is 0 Å². The number of rotatable bonds is 3. The molecule has 2 amide bonds. The lowest BCUT2D eigenvalue weighted by atomic mass is 10.1. The Labute approximate surface area is 128 Å². The number of nitrogens with zero attached hydrogens (tertiary/aromatic N) is 2. The van der Waals surface area contributed by atoms with Crippen molar-refractivity contribution in [2.24, 2.45) is 0 Å². The summed E-state index contributed by atoms with van der Waals surface area (Å²) < 4.78 is 0. The van der Waals surface area contributed by atoms with E-state index in [0.29, 0.717) is 23.8 Å². The number of benzene rings is 1. The van der Waals surface area contributed by atoms with Crippen LogP contribution in [0.25, 0.3) is 0 Å². The molecule has 0 aliphatic carbocycles. The third kappa shape index (κ3) is 3.98. The highest BCUT2D eigenvalue weighted by molar-refractivity contribution is 6.30. The van der Waals surface area contributed by atoms with Gasteiger partial charge in [0.2, 0.25) is 0 Å². The lowest BCUT2D eigenvalue weighted by Crippen LogP contribution is -2.47. The van der Waals surface area contributed by atoms with Gasteiger partial charge >= 0.3 is 12.0 Å². The molecule has 0 saturated heterocycles. The molecule has 21 heavy (non-hydrogen) atoms. The third-order valence-electron chi connectivity index (χ3n) is 3.27. The van der Waals surface area contributed by atoms with Crippen LogP contribution >= 0.6 is 11.6 Å². The maximum atomic E-state index is 12.6. The Bertz CT molecular complexity index is 569. The molecule has 5 nitrogen and oxygen atoms in total. The lowest BCUT2D eigenvalue weighted by Gasteiger charge is -2.32. The summed E-state index contributed by atoms with van der Waals surface area (Å²) in [6.45, 7) is 2.71. The molecular formula is C15H17ClN2O3. The molecular weight excluding hydrogens is 292 g/mol. The highest BCUT2D eigenvalue weighted by atomic mass is 35.5. The Morgan fingerprint density at radius 3 is 2.57 bits per heavy atom. The molecule has 0 atom stereocenters. The second-order valence-corrected chi connectivity index (χ2v) is 5.44. The van der Waals surface area contributed by atoms with Crippen molar-refractivity contribution in [2.75, 3.05) is 24.5 Å².